The number of carbonyl (C=O) groups is 3. The van der Waals surface area contributed by atoms with Crippen molar-refractivity contribution in [2.75, 3.05) is 0 Å². The van der Waals surface area contributed by atoms with Gasteiger partial charge in [-0.25, -0.2) is 0 Å². The standard InChI is InChI=1S/C24H26O7/c1-14(25)28-17-8-10-20(21(11-17)30-16(3)27)24(6)13-23(4,5)19-9-7-18(29-15(2)26)12-22(19)31-24/h7-12H,13H2,1-6H3. The third-order valence-electron chi connectivity index (χ3n) is 5.10. The van der Waals surface area contributed by atoms with Crippen molar-refractivity contribution in [2.45, 2.75) is 59.0 Å². The fourth-order valence-electron chi connectivity index (χ4n) is 4.15. The van der Waals surface area contributed by atoms with Gasteiger partial charge in [-0.15, -0.1) is 0 Å². The summed E-state index contributed by atoms with van der Waals surface area (Å²) in [6.07, 6.45) is 0.584. The Kier molecular flexibility index (Phi) is 5.81. The van der Waals surface area contributed by atoms with Gasteiger partial charge in [0, 0.05) is 50.5 Å². The summed E-state index contributed by atoms with van der Waals surface area (Å²) < 4.78 is 22.2. The summed E-state index contributed by atoms with van der Waals surface area (Å²) >= 11 is 0. The lowest BCUT2D eigenvalue weighted by atomic mass is 9.71. The zero-order valence-corrected chi connectivity index (χ0v) is 18.5. The molecule has 0 amide bonds. The molecule has 0 spiro atoms. The minimum Gasteiger partial charge on any atom is -0.482 e. The van der Waals surface area contributed by atoms with Gasteiger partial charge in [-0.3, -0.25) is 14.4 Å². The monoisotopic (exact) mass is 426 g/mol. The number of hydrogen-bond donors (Lipinski definition) is 0. The lowest BCUT2D eigenvalue weighted by Crippen LogP contribution is -2.42. The van der Waals surface area contributed by atoms with Crippen LogP contribution in [0.4, 0.5) is 0 Å². The van der Waals surface area contributed by atoms with Gasteiger partial charge in [0.1, 0.15) is 28.6 Å². The minimum atomic E-state index is -0.870. The number of benzene rings is 2. The molecule has 1 aliphatic heterocycles. The van der Waals surface area contributed by atoms with E-state index in [1.165, 1.54) is 26.8 Å². The predicted molar refractivity (Wildman–Crippen MR) is 112 cm³/mol. The van der Waals surface area contributed by atoms with Crippen molar-refractivity contribution in [1.82, 2.24) is 0 Å². The molecule has 7 heteroatoms. The maximum absolute atomic E-state index is 11.7. The van der Waals surface area contributed by atoms with Crippen molar-refractivity contribution in [3.05, 3.63) is 47.5 Å². The van der Waals surface area contributed by atoms with E-state index in [4.69, 9.17) is 18.9 Å². The zero-order valence-electron chi connectivity index (χ0n) is 18.5. The Hall–Kier alpha value is -3.35. The van der Waals surface area contributed by atoms with E-state index in [1.807, 2.05) is 13.0 Å². The van der Waals surface area contributed by atoms with E-state index in [0.717, 1.165) is 5.56 Å². The molecule has 0 saturated carbocycles. The highest BCUT2D eigenvalue weighted by atomic mass is 16.6. The van der Waals surface area contributed by atoms with E-state index >= 15 is 0 Å². The first-order valence-corrected chi connectivity index (χ1v) is 9.93. The molecule has 0 radical (unpaired) electrons. The Morgan fingerprint density at radius 3 is 1.84 bits per heavy atom. The molecule has 0 aliphatic carbocycles. The second kappa shape index (κ2) is 8.06. The van der Waals surface area contributed by atoms with Crippen LogP contribution in [0.1, 0.15) is 59.1 Å². The largest absolute Gasteiger partial charge is 0.482 e. The number of fused-ring (bicyclic) bond motifs is 1. The van der Waals surface area contributed by atoms with E-state index in [2.05, 4.69) is 13.8 Å². The smallest absolute Gasteiger partial charge is 0.308 e. The number of esters is 3. The zero-order chi connectivity index (χ0) is 23.0. The predicted octanol–water partition coefficient (Wildman–Crippen LogP) is 4.44. The summed E-state index contributed by atoms with van der Waals surface area (Å²) in [6.45, 7) is 10.0. The Labute approximate surface area is 181 Å². The molecule has 3 rings (SSSR count). The molecule has 0 aromatic heterocycles. The first-order valence-electron chi connectivity index (χ1n) is 9.93. The van der Waals surface area contributed by atoms with Crippen LogP contribution in [0.3, 0.4) is 0 Å². The number of hydrogen-bond acceptors (Lipinski definition) is 7. The van der Waals surface area contributed by atoms with Crippen LogP contribution in [0, 0.1) is 0 Å². The van der Waals surface area contributed by atoms with Gasteiger partial charge in [0.25, 0.3) is 0 Å². The first kappa shape index (κ1) is 22.3. The molecular formula is C24H26O7. The molecule has 1 atom stereocenters. The molecule has 2 aromatic carbocycles. The number of carbonyl (C=O) groups excluding carboxylic acids is 3. The summed E-state index contributed by atoms with van der Waals surface area (Å²) in [5.74, 6) is 0.0862. The molecule has 0 fully saturated rings. The second-order valence-electron chi connectivity index (χ2n) is 8.49. The van der Waals surface area contributed by atoms with Crippen molar-refractivity contribution >= 4 is 17.9 Å². The average molecular weight is 426 g/mol. The van der Waals surface area contributed by atoms with Crippen LogP contribution in [0.15, 0.2) is 36.4 Å². The highest BCUT2D eigenvalue weighted by molar-refractivity contribution is 5.72. The molecule has 2 aromatic rings. The van der Waals surface area contributed by atoms with E-state index in [-0.39, 0.29) is 16.9 Å². The second-order valence-corrected chi connectivity index (χ2v) is 8.49. The Morgan fingerprint density at radius 1 is 0.774 bits per heavy atom. The van der Waals surface area contributed by atoms with Gasteiger partial charge in [-0.05, 0) is 30.5 Å². The summed E-state index contributed by atoms with van der Waals surface area (Å²) in [7, 11) is 0. The van der Waals surface area contributed by atoms with Crippen LogP contribution in [0.2, 0.25) is 0 Å². The third-order valence-corrected chi connectivity index (χ3v) is 5.10. The van der Waals surface area contributed by atoms with Crippen LogP contribution in [-0.2, 0) is 25.4 Å². The van der Waals surface area contributed by atoms with Gasteiger partial charge in [0.2, 0.25) is 0 Å². The van der Waals surface area contributed by atoms with E-state index in [1.54, 1.807) is 24.3 Å². The van der Waals surface area contributed by atoms with Gasteiger partial charge in [-0.1, -0.05) is 19.9 Å². The molecule has 164 valence electrons. The van der Waals surface area contributed by atoms with Crippen LogP contribution in [-0.4, -0.2) is 17.9 Å². The molecule has 7 nitrogen and oxygen atoms in total. The molecule has 1 heterocycles. The van der Waals surface area contributed by atoms with Gasteiger partial charge >= 0.3 is 17.9 Å². The molecule has 0 N–H and O–H groups in total. The Morgan fingerprint density at radius 2 is 1.29 bits per heavy atom. The van der Waals surface area contributed by atoms with Gasteiger partial charge in [0.15, 0.2) is 0 Å². The lowest BCUT2D eigenvalue weighted by molar-refractivity contribution is -0.133. The SMILES string of the molecule is CC(=O)Oc1ccc2c(c1)OC(C)(c1ccc(OC(C)=O)cc1OC(C)=O)CC2(C)C. The number of rotatable bonds is 4. The fourth-order valence-corrected chi connectivity index (χ4v) is 4.15. The van der Waals surface area contributed by atoms with Crippen LogP contribution in [0.5, 0.6) is 23.0 Å². The average Bonchev–Trinajstić information content (AvgIpc) is 2.58. The molecule has 1 aliphatic rings. The third kappa shape index (κ3) is 4.87. The highest BCUT2D eigenvalue weighted by Gasteiger charge is 2.44. The van der Waals surface area contributed by atoms with Crippen LogP contribution < -0.4 is 18.9 Å². The van der Waals surface area contributed by atoms with Crippen molar-refractivity contribution < 1.29 is 33.3 Å². The van der Waals surface area contributed by atoms with E-state index in [9.17, 15) is 14.4 Å². The minimum absolute atomic E-state index is 0.254. The van der Waals surface area contributed by atoms with E-state index < -0.39 is 23.5 Å². The van der Waals surface area contributed by atoms with Gasteiger partial charge < -0.3 is 18.9 Å². The van der Waals surface area contributed by atoms with Gasteiger partial charge in [0.05, 0.1) is 0 Å². The molecule has 0 saturated heterocycles. The molecule has 31 heavy (non-hydrogen) atoms. The van der Waals surface area contributed by atoms with Crippen molar-refractivity contribution in [3.63, 3.8) is 0 Å². The summed E-state index contributed by atoms with van der Waals surface area (Å²) in [4.78, 5) is 34.4. The van der Waals surface area contributed by atoms with Crippen molar-refractivity contribution in [2.24, 2.45) is 0 Å². The molecule has 0 bridgehead atoms. The molecular weight excluding hydrogens is 400 g/mol. The topological polar surface area (TPSA) is 88.1 Å². The number of ether oxygens (including phenoxy) is 4. The van der Waals surface area contributed by atoms with Gasteiger partial charge in [-0.2, -0.15) is 0 Å². The quantitative estimate of drug-likeness (QED) is 0.528. The van der Waals surface area contributed by atoms with E-state index in [0.29, 0.717) is 23.5 Å². The Bertz CT molecular complexity index is 1050. The molecule has 1 unspecified atom stereocenters. The van der Waals surface area contributed by atoms with Crippen molar-refractivity contribution in [1.29, 1.82) is 0 Å². The Balaban J connectivity index is 2.09. The summed E-state index contributed by atoms with van der Waals surface area (Å²) in [5, 5.41) is 0. The highest BCUT2D eigenvalue weighted by Crippen LogP contribution is 2.51. The summed E-state index contributed by atoms with van der Waals surface area (Å²) in [6, 6.07) is 10.2. The maximum atomic E-state index is 11.7. The first-order chi connectivity index (χ1) is 14.4. The maximum Gasteiger partial charge on any atom is 0.308 e. The van der Waals surface area contributed by atoms with Crippen LogP contribution in [0.25, 0.3) is 0 Å². The van der Waals surface area contributed by atoms with Crippen LogP contribution >= 0.6 is 0 Å². The van der Waals surface area contributed by atoms with Crippen molar-refractivity contribution in [3.8, 4) is 23.0 Å². The summed E-state index contributed by atoms with van der Waals surface area (Å²) in [5.41, 5.74) is 0.450. The lowest BCUT2D eigenvalue weighted by Gasteiger charge is -2.44. The fraction of sp³-hybridized carbons (Fsp3) is 0.375. The normalized spacial score (nSPS) is 18.9.